The van der Waals surface area contributed by atoms with Gasteiger partial charge in [0.15, 0.2) is 23.2 Å². The summed E-state index contributed by atoms with van der Waals surface area (Å²) in [5, 5.41) is 20.6. The van der Waals surface area contributed by atoms with Gasteiger partial charge in [0, 0.05) is 14.1 Å². The number of nitrogens with two attached hydrogens (primary N) is 1. The highest BCUT2D eigenvalue weighted by atomic mass is 31.2. The lowest BCUT2D eigenvalue weighted by Gasteiger charge is -2.22. The van der Waals surface area contributed by atoms with Crippen LogP contribution in [0.25, 0.3) is 11.2 Å². The summed E-state index contributed by atoms with van der Waals surface area (Å²) < 4.78 is 22.3. The number of aromatic nitrogens is 4. The fourth-order valence-electron chi connectivity index (χ4n) is 2.72. The summed E-state index contributed by atoms with van der Waals surface area (Å²) in [6.45, 7) is -0.611. The zero-order valence-electron chi connectivity index (χ0n) is 13.9. The lowest BCUT2D eigenvalue weighted by atomic mass is 10.1. The molecule has 0 aliphatic carbocycles. The smallest absolute Gasteiger partial charge is 0.387 e. The number of phosphoric acid groups is 1. The molecule has 26 heavy (non-hydrogen) atoms. The molecule has 6 N–H and O–H groups in total. The number of phosphoric ester groups is 1. The summed E-state index contributed by atoms with van der Waals surface area (Å²) in [7, 11) is -1.35. The van der Waals surface area contributed by atoms with Crippen LogP contribution in [0.2, 0.25) is 0 Å². The molecule has 1 fully saturated rings. The van der Waals surface area contributed by atoms with Gasteiger partial charge in [0.05, 0.1) is 6.61 Å². The standard InChI is InChI=1S/C12H19N6O7P/c1-17(2)12-16-6-9(13)14-4-15-10(6)18(12)11-8(20)7(19)5(25-11)3-24-26(21,22)23/h4-5,7-8,11,19-20H,3H2,1-2H3,(H2,13,14,15)(H2,21,22,23). The largest absolute Gasteiger partial charge is 0.469 e. The molecular weight excluding hydrogens is 371 g/mol. The third kappa shape index (κ3) is 3.38. The van der Waals surface area contributed by atoms with E-state index >= 15 is 0 Å². The van der Waals surface area contributed by atoms with Gasteiger partial charge in [-0.3, -0.25) is 9.09 Å². The fourth-order valence-corrected chi connectivity index (χ4v) is 3.06. The normalized spacial score (nSPS) is 26.5. The van der Waals surface area contributed by atoms with E-state index in [1.807, 2.05) is 0 Å². The van der Waals surface area contributed by atoms with Crippen LogP contribution in [-0.2, 0) is 13.8 Å². The Morgan fingerprint density at radius 2 is 2.04 bits per heavy atom. The van der Waals surface area contributed by atoms with E-state index in [1.165, 1.54) is 10.9 Å². The number of hydrogen-bond donors (Lipinski definition) is 5. The molecule has 2 aromatic rings. The molecular formula is C12H19N6O7P. The number of imidazole rings is 1. The summed E-state index contributed by atoms with van der Waals surface area (Å²) >= 11 is 0. The number of anilines is 2. The third-order valence-electron chi connectivity index (χ3n) is 3.89. The molecule has 14 heteroatoms. The molecule has 3 heterocycles. The van der Waals surface area contributed by atoms with Crippen molar-refractivity contribution in [2.24, 2.45) is 0 Å². The Balaban J connectivity index is 1.99. The number of fused-ring (bicyclic) bond motifs is 1. The second-order valence-electron chi connectivity index (χ2n) is 5.94. The molecule has 1 aliphatic heterocycles. The van der Waals surface area contributed by atoms with Crippen LogP contribution >= 0.6 is 7.82 Å². The van der Waals surface area contributed by atoms with Crippen molar-refractivity contribution in [3.63, 3.8) is 0 Å². The molecule has 0 spiro atoms. The lowest BCUT2D eigenvalue weighted by Crippen LogP contribution is -2.34. The Morgan fingerprint density at radius 3 is 2.65 bits per heavy atom. The van der Waals surface area contributed by atoms with Crippen molar-refractivity contribution in [2.75, 3.05) is 31.3 Å². The number of nitrogens with zero attached hydrogens (tertiary/aromatic N) is 5. The van der Waals surface area contributed by atoms with Crippen LogP contribution in [0.5, 0.6) is 0 Å². The number of rotatable bonds is 5. The van der Waals surface area contributed by atoms with Crippen LogP contribution in [0.15, 0.2) is 6.33 Å². The van der Waals surface area contributed by atoms with Gasteiger partial charge in [0.1, 0.15) is 24.6 Å². The summed E-state index contributed by atoms with van der Waals surface area (Å²) in [5.74, 6) is 0.464. The molecule has 0 amide bonds. The quantitative estimate of drug-likeness (QED) is 0.361. The van der Waals surface area contributed by atoms with Gasteiger partial charge in [0.25, 0.3) is 0 Å². The van der Waals surface area contributed by atoms with E-state index in [1.54, 1.807) is 19.0 Å². The molecule has 0 radical (unpaired) electrons. The number of aliphatic hydroxyl groups is 2. The predicted octanol–water partition coefficient (Wildman–Crippen LogP) is -1.80. The number of ether oxygens (including phenoxy) is 1. The van der Waals surface area contributed by atoms with Gasteiger partial charge in [-0.1, -0.05) is 0 Å². The van der Waals surface area contributed by atoms with E-state index in [0.29, 0.717) is 5.95 Å². The van der Waals surface area contributed by atoms with Gasteiger partial charge in [-0.25, -0.2) is 19.5 Å². The molecule has 13 nitrogen and oxygen atoms in total. The maximum atomic E-state index is 10.9. The first-order chi connectivity index (χ1) is 12.1. The van der Waals surface area contributed by atoms with Crippen LogP contribution < -0.4 is 10.6 Å². The Bertz CT molecular complexity index is 854. The highest BCUT2D eigenvalue weighted by molar-refractivity contribution is 7.46. The van der Waals surface area contributed by atoms with E-state index < -0.39 is 39.0 Å². The van der Waals surface area contributed by atoms with Crippen LogP contribution in [0.1, 0.15) is 6.23 Å². The topological polar surface area (TPSA) is 189 Å². The minimum atomic E-state index is -4.75. The van der Waals surface area contributed by atoms with E-state index in [2.05, 4.69) is 19.5 Å². The average molecular weight is 390 g/mol. The van der Waals surface area contributed by atoms with Crippen molar-refractivity contribution in [1.82, 2.24) is 19.5 Å². The summed E-state index contributed by atoms with van der Waals surface area (Å²) in [5.41, 5.74) is 6.38. The fraction of sp³-hybridized carbons (Fsp3) is 0.583. The molecule has 4 unspecified atom stereocenters. The molecule has 2 aromatic heterocycles. The van der Waals surface area contributed by atoms with Gasteiger partial charge in [0.2, 0.25) is 5.95 Å². The molecule has 0 aromatic carbocycles. The van der Waals surface area contributed by atoms with Crippen LogP contribution in [0, 0.1) is 0 Å². The Morgan fingerprint density at radius 1 is 1.35 bits per heavy atom. The van der Waals surface area contributed by atoms with E-state index in [-0.39, 0.29) is 17.0 Å². The first-order valence-electron chi connectivity index (χ1n) is 7.47. The Kier molecular flexibility index (Phi) is 4.88. The summed E-state index contributed by atoms with van der Waals surface area (Å²) in [6.07, 6.45) is -3.95. The third-order valence-corrected chi connectivity index (χ3v) is 4.37. The van der Waals surface area contributed by atoms with Crippen molar-refractivity contribution < 1.29 is 33.8 Å². The SMILES string of the molecule is CN(C)c1nc2c(N)ncnc2n1C1OC(COP(=O)(O)O)C(O)C1O. The maximum absolute atomic E-state index is 10.9. The number of hydrogen-bond acceptors (Lipinski definition) is 10. The van der Waals surface area contributed by atoms with Gasteiger partial charge in [-0.2, -0.15) is 0 Å². The van der Waals surface area contributed by atoms with E-state index in [4.69, 9.17) is 20.3 Å². The molecule has 0 saturated carbocycles. The highest BCUT2D eigenvalue weighted by Crippen LogP contribution is 2.40. The Labute approximate surface area is 147 Å². The molecule has 1 saturated heterocycles. The van der Waals surface area contributed by atoms with Crippen molar-refractivity contribution in [2.45, 2.75) is 24.5 Å². The molecule has 3 rings (SSSR count). The zero-order valence-corrected chi connectivity index (χ0v) is 14.8. The van der Waals surface area contributed by atoms with Gasteiger partial charge < -0.3 is 35.4 Å². The lowest BCUT2D eigenvalue weighted by molar-refractivity contribution is -0.0496. The van der Waals surface area contributed by atoms with Crippen LogP contribution in [-0.4, -0.2) is 78.5 Å². The summed E-state index contributed by atoms with van der Waals surface area (Å²) in [6, 6.07) is 0. The minimum absolute atomic E-state index is 0.131. The van der Waals surface area contributed by atoms with E-state index in [0.717, 1.165) is 0 Å². The Hall–Kier alpha value is -1.86. The summed E-state index contributed by atoms with van der Waals surface area (Å²) in [4.78, 5) is 31.6. The number of aliphatic hydroxyl groups excluding tert-OH is 2. The van der Waals surface area contributed by atoms with Crippen molar-refractivity contribution in [3.8, 4) is 0 Å². The van der Waals surface area contributed by atoms with Crippen molar-refractivity contribution in [1.29, 1.82) is 0 Å². The first-order valence-corrected chi connectivity index (χ1v) is 9.00. The molecule has 144 valence electrons. The van der Waals surface area contributed by atoms with Gasteiger partial charge >= 0.3 is 7.82 Å². The zero-order chi connectivity index (χ0) is 19.2. The first kappa shape index (κ1) is 18.9. The monoisotopic (exact) mass is 390 g/mol. The van der Waals surface area contributed by atoms with Crippen LogP contribution in [0.3, 0.4) is 0 Å². The number of nitrogen functional groups attached to an aromatic ring is 1. The van der Waals surface area contributed by atoms with E-state index in [9.17, 15) is 14.8 Å². The van der Waals surface area contributed by atoms with Crippen molar-refractivity contribution >= 4 is 30.8 Å². The second-order valence-corrected chi connectivity index (χ2v) is 7.18. The molecule has 1 aliphatic rings. The molecule has 0 bridgehead atoms. The second kappa shape index (κ2) is 6.70. The van der Waals surface area contributed by atoms with Gasteiger partial charge in [-0.05, 0) is 0 Å². The molecule has 4 atom stereocenters. The predicted molar refractivity (Wildman–Crippen MR) is 88.0 cm³/mol. The minimum Gasteiger partial charge on any atom is -0.387 e. The van der Waals surface area contributed by atoms with Crippen molar-refractivity contribution in [3.05, 3.63) is 6.33 Å². The highest BCUT2D eigenvalue weighted by Gasteiger charge is 2.46. The van der Waals surface area contributed by atoms with Crippen LogP contribution in [0.4, 0.5) is 11.8 Å². The maximum Gasteiger partial charge on any atom is 0.469 e. The average Bonchev–Trinajstić information content (AvgIpc) is 3.05. The van der Waals surface area contributed by atoms with Gasteiger partial charge in [-0.15, -0.1) is 0 Å².